The van der Waals surface area contributed by atoms with Crippen LogP contribution in [0.1, 0.15) is 49.8 Å². The summed E-state index contributed by atoms with van der Waals surface area (Å²) in [6.07, 6.45) is 2.18. The summed E-state index contributed by atoms with van der Waals surface area (Å²) < 4.78 is 0. The molecule has 2 aliphatic rings. The number of nitrogens with zero attached hydrogens (tertiary/aromatic N) is 3. The predicted molar refractivity (Wildman–Crippen MR) is 132 cm³/mol. The van der Waals surface area contributed by atoms with Gasteiger partial charge in [0.1, 0.15) is 11.9 Å². The zero-order valence-electron chi connectivity index (χ0n) is 18.9. The molecule has 0 bridgehead atoms. The van der Waals surface area contributed by atoms with Crippen molar-refractivity contribution in [1.82, 2.24) is 4.90 Å². The standard InChI is InChI=1S/C25H28N4O2S/c1-5-10-19-24(31)29-22(26-19)17-13-7-8-14-18(17)27-25(29)32-20(6-2)23(30)28-21-15(3)11-9-12-16(21)4/h7-9,11-14,19-20H,5-6,10H2,1-4H3,(H,28,30)/t19-,20+/m0/s1. The van der Waals surface area contributed by atoms with E-state index in [1.165, 1.54) is 11.8 Å². The highest BCUT2D eigenvalue weighted by molar-refractivity contribution is 8.15. The summed E-state index contributed by atoms with van der Waals surface area (Å²) in [5.41, 5.74) is 4.52. The van der Waals surface area contributed by atoms with E-state index in [2.05, 4.69) is 5.32 Å². The number of hydrogen-bond acceptors (Lipinski definition) is 5. The maximum atomic E-state index is 13.2. The molecule has 4 rings (SSSR count). The van der Waals surface area contributed by atoms with Crippen molar-refractivity contribution in [2.75, 3.05) is 5.32 Å². The lowest BCUT2D eigenvalue weighted by atomic mass is 10.1. The van der Waals surface area contributed by atoms with Crippen LogP contribution in [-0.4, -0.2) is 39.0 Å². The first kappa shape index (κ1) is 22.3. The molecule has 0 aliphatic carbocycles. The van der Waals surface area contributed by atoms with E-state index >= 15 is 0 Å². The molecule has 2 aliphatic heterocycles. The van der Waals surface area contributed by atoms with Crippen LogP contribution in [0.15, 0.2) is 52.4 Å². The number of carbonyl (C=O) groups excluding carboxylic acids is 2. The quantitative estimate of drug-likeness (QED) is 0.659. The molecule has 0 radical (unpaired) electrons. The first-order chi connectivity index (χ1) is 15.4. The molecule has 0 fully saturated rings. The normalized spacial score (nSPS) is 17.9. The molecule has 2 amide bonds. The lowest BCUT2D eigenvalue weighted by Crippen LogP contribution is -2.42. The van der Waals surface area contributed by atoms with E-state index in [0.717, 1.165) is 34.5 Å². The van der Waals surface area contributed by atoms with Crippen molar-refractivity contribution in [2.24, 2.45) is 9.98 Å². The van der Waals surface area contributed by atoms with Crippen molar-refractivity contribution >= 4 is 46.0 Å². The van der Waals surface area contributed by atoms with Gasteiger partial charge in [-0.1, -0.05) is 62.4 Å². The second kappa shape index (κ2) is 9.28. The summed E-state index contributed by atoms with van der Waals surface area (Å²) in [6, 6.07) is 13.3. The molecule has 0 unspecified atom stereocenters. The van der Waals surface area contributed by atoms with Crippen molar-refractivity contribution in [3.8, 4) is 0 Å². The second-order valence-electron chi connectivity index (χ2n) is 8.11. The minimum absolute atomic E-state index is 0.0624. The van der Waals surface area contributed by atoms with E-state index in [1.54, 1.807) is 4.90 Å². The summed E-state index contributed by atoms with van der Waals surface area (Å²) >= 11 is 1.33. The van der Waals surface area contributed by atoms with Crippen LogP contribution in [0.4, 0.5) is 11.4 Å². The monoisotopic (exact) mass is 448 g/mol. The molecule has 32 heavy (non-hydrogen) atoms. The van der Waals surface area contributed by atoms with Gasteiger partial charge in [-0.15, -0.1) is 0 Å². The van der Waals surface area contributed by atoms with E-state index in [0.29, 0.717) is 23.8 Å². The molecule has 1 N–H and O–H groups in total. The Morgan fingerprint density at radius 2 is 1.84 bits per heavy atom. The second-order valence-corrected chi connectivity index (χ2v) is 9.28. The number of rotatable bonds is 6. The molecule has 166 valence electrons. The Morgan fingerprint density at radius 1 is 1.12 bits per heavy atom. The maximum absolute atomic E-state index is 13.2. The van der Waals surface area contributed by atoms with Crippen molar-refractivity contribution in [3.63, 3.8) is 0 Å². The molecule has 0 aromatic heterocycles. The number of para-hydroxylation sites is 2. The zero-order valence-corrected chi connectivity index (χ0v) is 19.7. The Bertz CT molecular complexity index is 1100. The zero-order chi connectivity index (χ0) is 22.8. The van der Waals surface area contributed by atoms with Crippen LogP contribution >= 0.6 is 11.8 Å². The topological polar surface area (TPSA) is 74.1 Å². The molecule has 2 aromatic carbocycles. The summed E-state index contributed by atoms with van der Waals surface area (Å²) in [4.78, 5) is 37.5. The number of nitrogens with one attached hydrogen (secondary N) is 1. The van der Waals surface area contributed by atoms with Crippen molar-refractivity contribution in [3.05, 3.63) is 59.2 Å². The number of anilines is 1. The van der Waals surface area contributed by atoms with E-state index < -0.39 is 11.3 Å². The average Bonchev–Trinajstić information content (AvgIpc) is 3.11. The van der Waals surface area contributed by atoms with Crippen LogP contribution in [0.3, 0.4) is 0 Å². The third-order valence-corrected chi connectivity index (χ3v) is 7.07. The Kier molecular flexibility index (Phi) is 6.46. The third kappa shape index (κ3) is 4.09. The van der Waals surface area contributed by atoms with Crippen molar-refractivity contribution in [2.45, 2.75) is 58.2 Å². The summed E-state index contributed by atoms with van der Waals surface area (Å²) in [5.74, 6) is 0.492. The van der Waals surface area contributed by atoms with Crippen LogP contribution in [0, 0.1) is 13.8 Å². The minimum Gasteiger partial charge on any atom is -0.325 e. The van der Waals surface area contributed by atoms with Gasteiger partial charge in [0.2, 0.25) is 5.91 Å². The third-order valence-electron chi connectivity index (χ3n) is 5.75. The van der Waals surface area contributed by atoms with E-state index in [4.69, 9.17) is 9.98 Å². The first-order valence-electron chi connectivity index (χ1n) is 11.1. The lowest BCUT2D eigenvalue weighted by Gasteiger charge is -2.27. The predicted octanol–water partition coefficient (Wildman–Crippen LogP) is 5.21. The van der Waals surface area contributed by atoms with Gasteiger partial charge in [0, 0.05) is 11.3 Å². The van der Waals surface area contributed by atoms with E-state index in [9.17, 15) is 9.59 Å². The number of aliphatic imine (C=N–C) groups is 2. The van der Waals surface area contributed by atoms with Gasteiger partial charge in [-0.3, -0.25) is 14.6 Å². The number of hydrogen-bond donors (Lipinski definition) is 1. The molecule has 0 saturated carbocycles. The smallest absolute Gasteiger partial charge is 0.259 e. The summed E-state index contributed by atoms with van der Waals surface area (Å²) in [5, 5.41) is 3.22. The average molecular weight is 449 g/mol. The van der Waals surface area contributed by atoms with Gasteiger partial charge in [-0.05, 0) is 49.9 Å². The largest absolute Gasteiger partial charge is 0.325 e. The molecule has 0 saturated heterocycles. The highest BCUT2D eigenvalue weighted by Gasteiger charge is 2.42. The van der Waals surface area contributed by atoms with Gasteiger partial charge in [-0.2, -0.15) is 0 Å². The summed E-state index contributed by atoms with van der Waals surface area (Å²) in [6.45, 7) is 7.99. The number of fused-ring (bicyclic) bond motifs is 3. The Labute approximate surface area is 193 Å². The number of benzene rings is 2. The molecular formula is C25H28N4O2S. The number of carbonyl (C=O) groups is 2. The Hall–Kier alpha value is -2.93. The van der Waals surface area contributed by atoms with Gasteiger partial charge in [0.25, 0.3) is 5.91 Å². The SMILES string of the molecule is CCC[C@@H]1N=C2c3ccccc3N=C(S[C@H](CC)C(=O)Nc3c(C)cccc3C)N2C1=O. The maximum Gasteiger partial charge on any atom is 0.259 e. The van der Waals surface area contributed by atoms with E-state index in [1.807, 2.05) is 70.2 Å². The van der Waals surface area contributed by atoms with Gasteiger partial charge < -0.3 is 5.32 Å². The van der Waals surface area contributed by atoms with Crippen molar-refractivity contribution < 1.29 is 9.59 Å². The first-order valence-corrected chi connectivity index (χ1v) is 12.0. The van der Waals surface area contributed by atoms with Crippen LogP contribution in [-0.2, 0) is 9.59 Å². The molecule has 2 heterocycles. The highest BCUT2D eigenvalue weighted by atomic mass is 32.2. The molecule has 0 spiro atoms. The molecule has 6 nitrogen and oxygen atoms in total. The number of thioether (sulfide) groups is 1. The molecular weight excluding hydrogens is 420 g/mol. The Morgan fingerprint density at radius 3 is 2.53 bits per heavy atom. The number of amidine groups is 2. The molecule has 2 atom stereocenters. The van der Waals surface area contributed by atoms with E-state index in [-0.39, 0.29) is 11.8 Å². The fourth-order valence-electron chi connectivity index (χ4n) is 4.01. The lowest BCUT2D eigenvalue weighted by molar-refractivity contribution is -0.124. The fraction of sp³-hybridized carbons (Fsp3) is 0.360. The Balaban J connectivity index is 1.63. The minimum atomic E-state index is -0.393. The van der Waals surface area contributed by atoms with Gasteiger partial charge in [-0.25, -0.2) is 9.89 Å². The van der Waals surface area contributed by atoms with Crippen LogP contribution < -0.4 is 5.32 Å². The van der Waals surface area contributed by atoms with Crippen molar-refractivity contribution in [1.29, 1.82) is 0 Å². The van der Waals surface area contributed by atoms with Gasteiger partial charge in [0.05, 0.1) is 10.9 Å². The fourth-order valence-corrected chi connectivity index (χ4v) is 5.03. The molecule has 2 aromatic rings. The summed E-state index contributed by atoms with van der Waals surface area (Å²) in [7, 11) is 0. The van der Waals surface area contributed by atoms with Crippen LogP contribution in [0.2, 0.25) is 0 Å². The van der Waals surface area contributed by atoms with Crippen LogP contribution in [0.5, 0.6) is 0 Å². The van der Waals surface area contributed by atoms with Gasteiger partial charge in [0.15, 0.2) is 5.17 Å². The number of amides is 2. The molecule has 7 heteroatoms. The van der Waals surface area contributed by atoms with Gasteiger partial charge >= 0.3 is 0 Å². The number of aryl methyl sites for hydroxylation is 2. The highest BCUT2D eigenvalue weighted by Crippen LogP contribution is 2.36. The van der Waals surface area contributed by atoms with Crippen LogP contribution in [0.25, 0.3) is 0 Å².